The summed E-state index contributed by atoms with van der Waals surface area (Å²) in [6.45, 7) is 7.58. The predicted octanol–water partition coefficient (Wildman–Crippen LogP) is 1.69. The molecule has 6 nitrogen and oxygen atoms in total. The minimum atomic E-state index is -1.63. The molecule has 0 aromatic heterocycles. The molecule has 0 radical (unpaired) electrons. The standard InChI is InChI=1S/C20H33BN2O4/c1-14(2)13-17(21(26)27)22-20(25)19(15(3)4)23-18(24)12-8-11-16-9-6-5-7-10-16/h5-7,9-10,14-15,17,19,26-27H,8,11-13H2,1-4H3,(H,22,25)(H,23,24)/t17-,19?/m0/s1. The van der Waals surface area contributed by atoms with E-state index in [0.29, 0.717) is 19.3 Å². The maximum atomic E-state index is 12.6. The van der Waals surface area contributed by atoms with Crippen LogP contribution in [0, 0.1) is 11.8 Å². The van der Waals surface area contributed by atoms with Crippen LogP contribution in [0.15, 0.2) is 30.3 Å². The Hall–Kier alpha value is -1.86. The number of nitrogens with one attached hydrogen (secondary N) is 2. The van der Waals surface area contributed by atoms with E-state index in [1.165, 1.54) is 5.56 Å². The van der Waals surface area contributed by atoms with Crippen molar-refractivity contribution in [3.63, 3.8) is 0 Å². The van der Waals surface area contributed by atoms with E-state index in [1.54, 1.807) is 0 Å². The Labute approximate surface area is 162 Å². The van der Waals surface area contributed by atoms with Gasteiger partial charge in [0.1, 0.15) is 6.04 Å². The van der Waals surface area contributed by atoms with Gasteiger partial charge in [-0.05, 0) is 36.7 Å². The van der Waals surface area contributed by atoms with Crippen LogP contribution in [0.5, 0.6) is 0 Å². The summed E-state index contributed by atoms with van der Waals surface area (Å²) in [5.74, 6) is -1.24. The molecule has 0 saturated carbocycles. The second-order valence-corrected chi connectivity index (χ2v) is 7.79. The number of rotatable bonds is 11. The van der Waals surface area contributed by atoms with Crippen molar-refractivity contribution in [1.82, 2.24) is 10.6 Å². The van der Waals surface area contributed by atoms with Gasteiger partial charge in [-0.15, -0.1) is 0 Å². The van der Waals surface area contributed by atoms with Crippen LogP contribution >= 0.6 is 0 Å². The third-order valence-corrected chi connectivity index (χ3v) is 4.39. The van der Waals surface area contributed by atoms with Gasteiger partial charge in [-0.3, -0.25) is 9.59 Å². The zero-order chi connectivity index (χ0) is 20.4. The molecule has 0 fully saturated rings. The number of aryl methyl sites for hydroxylation is 1. The van der Waals surface area contributed by atoms with Crippen LogP contribution in [0.4, 0.5) is 0 Å². The summed E-state index contributed by atoms with van der Waals surface area (Å²) in [6, 6.07) is 9.24. The Morgan fingerprint density at radius 1 is 1.04 bits per heavy atom. The van der Waals surface area contributed by atoms with Crippen molar-refractivity contribution in [1.29, 1.82) is 0 Å². The highest BCUT2D eigenvalue weighted by Crippen LogP contribution is 2.09. The molecule has 27 heavy (non-hydrogen) atoms. The molecule has 7 heteroatoms. The van der Waals surface area contributed by atoms with Gasteiger partial charge < -0.3 is 20.7 Å². The molecule has 4 N–H and O–H groups in total. The number of hydrogen-bond acceptors (Lipinski definition) is 4. The zero-order valence-electron chi connectivity index (χ0n) is 16.8. The molecule has 0 saturated heterocycles. The van der Waals surface area contributed by atoms with Crippen LogP contribution in [0.3, 0.4) is 0 Å². The molecule has 0 aliphatic carbocycles. The summed E-state index contributed by atoms with van der Waals surface area (Å²) in [5.41, 5.74) is 1.18. The highest BCUT2D eigenvalue weighted by atomic mass is 16.4. The Balaban J connectivity index is 2.55. The van der Waals surface area contributed by atoms with E-state index in [4.69, 9.17) is 0 Å². The third-order valence-electron chi connectivity index (χ3n) is 4.39. The van der Waals surface area contributed by atoms with Crippen molar-refractivity contribution in [2.75, 3.05) is 0 Å². The fourth-order valence-electron chi connectivity index (χ4n) is 2.91. The molecule has 0 spiro atoms. The minimum absolute atomic E-state index is 0.112. The molecule has 1 unspecified atom stereocenters. The summed E-state index contributed by atoms with van der Waals surface area (Å²) in [7, 11) is -1.63. The lowest BCUT2D eigenvalue weighted by atomic mass is 9.75. The average molecular weight is 376 g/mol. The fourth-order valence-corrected chi connectivity index (χ4v) is 2.91. The summed E-state index contributed by atoms with van der Waals surface area (Å²) >= 11 is 0. The zero-order valence-corrected chi connectivity index (χ0v) is 16.8. The highest BCUT2D eigenvalue weighted by molar-refractivity contribution is 6.43. The van der Waals surface area contributed by atoms with E-state index >= 15 is 0 Å². The Morgan fingerprint density at radius 2 is 1.67 bits per heavy atom. The van der Waals surface area contributed by atoms with Crippen molar-refractivity contribution in [3.8, 4) is 0 Å². The van der Waals surface area contributed by atoms with E-state index in [0.717, 1.165) is 6.42 Å². The second-order valence-electron chi connectivity index (χ2n) is 7.79. The van der Waals surface area contributed by atoms with E-state index < -0.39 is 19.1 Å². The molecule has 0 heterocycles. The molecule has 1 rings (SSSR count). The molecule has 0 aliphatic heterocycles. The van der Waals surface area contributed by atoms with E-state index in [1.807, 2.05) is 58.0 Å². The lowest BCUT2D eigenvalue weighted by molar-refractivity contribution is -0.130. The second kappa shape index (κ2) is 11.8. The molecule has 0 aliphatic rings. The fraction of sp³-hybridized carbons (Fsp3) is 0.600. The van der Waals surface area contributed by atoms with E-state index in [2.05, 4.69) is 10.6 Å². The van der Waals surface area contributed by atoms with Gasteiger partial charge in [-0.1, -0.05) is 58.0 Å². The van der Waals surface area contributed by atoms with E-state index in [9.17, 15) is 19.6 Å². The van der Waals surface area contributed by atoms with Crippen LogP contribution in [-0.2, 0) is 16.0 Å². The monoisotopic (exact) mass is 376 g/mol. The van der Waals surface area contributed by atoms with Gasteiger partial charge in [0.25, 0.3) is 0 Å². The van der Waals surface area contributed by atoms with Crippen molar-refractivity contribution in [2.24, 2.45) is 11.8 Å². The van der Waals surface area contributed by atoms with Gasteiger partial charge in [0.05, 0.1) is 5.94 Å². The topological polar surface area (TPSA) is 98.7 Å². The van der Waals surface area contributed by atoms with Gasteiger partial charge in [-0.25, -0.2) is 0 Å². The third kappa shape index (κ3) is 9.06. The first-order chi connectivity index (χ1) is 12.7. The van der Waals surface area contributed by atoms with Gasteiger partial charge in [0.2, 0.25) is 11.8 Å². The van der Waals surface area contributed by atoms with Gasteiger partial charge in [-0.2, -0.15) is 0 Å². The highest BCUT2D eigenvalue weighted by Gasteiger charge is 2.31. The molecule has 150 valence electrons. The molecule has 1 aromatic carbocycles. The van der Waals surface area contributed by atoms with Crippen molar-refractivity contribution in [2.45, 2.75) is 65.4 Å². The summed E-state index contributed by atoms with van der Waals surface area (Å²) in [4.78, 5) is 24.8. The SMILES string of the molecule is CC(C)C[C@H](NC(=O)C(NC(=O)CCCc1ccccc1)C(C)C)B(O)O. The van der Waals surface area contributed by atoms with Crippen LogP contribution in [0.1, 0.15) is 52.5 Å². The number of carbonyl (C=O) groups is 2. The molecule has 2 amide bonds. The lowest BCUT2D eigenvalue weighted by Gasteiger charge is -2.26. The first kappa shape index (κ1) is 23.2. The number of amides is 2. The first-order valence-electron chi connectivity index (χ1n) is 9.70. The van der Waals surface area contributed by atoms with Crippen LogP contribution in [0.2, 0.25) is 0 Å². The summed E-state index contributed by atoms with van der Waals surface area (Å²) < 4.78 is 0. The number of carbonyl (C=O) groups excluding carboxylic acids is 2. The quantitative estimate of drug-likeness (QED) is 0.442. The largest absolute Gasteiger partial charge is 0.475 e. The number of benzene rings is 1. The first-order valence-corrected chi connectivity index (χ1v) is 9.70. The van der Waals surface area contributed by atoms with Crippen LogP contribution in [0.25, 0.3) is 0 Å². The number of hydrogen-bond donors (Lipinski definition) is 4. The van der Waals surface area contributed by atoms with Crippen molar-refractivity contribution < 1.29 is 19.6 Å². The maximum absolute atomic E-state index is 12.6. The van der Waals surface area contributed by atoms with Gasteiger partial charge >= 0.3 is 7.12 Å². The Morgan fingerprint density at radius 3 is 2.19 bits per heavy atom. The normalized spacial score (nSPS) is 13.3. The smallest absolute Gasteiger partial charge is 0.426 e. The van der Waals surface area contributed by atoms with Gasteiger partial charge in [0, 0.05) is 6.42 Å². The Bertz CT molecular complexity index is 579. The molecule has 2 atom stereocenters. The lowest BCUT2D eigenvalue weighted by Crippen LogP contribution is -2.55. The van der Waals surface area contributed by atoms with Crippen LogP contribution < -0.4 is 10.6 Å². The molecule has 0 bridgehead atoms. The van der Waals surface area contributed by atoms with Crippen LogP contribution in [-0.4, -0.2) is 41.0 Å². The Kier molecular flexibility index (Phi) is 10.1. The van der Waals surface area contributed by atoms with Crippen molar-refractivity contribution in [3.05, 3.63) is 35.9 Å². The summed E-state index contributed by atoms with van der Waals surface area (Å²) in [6.07, 6.45) is 2.29. The molecule has 1 aromatic rings. The van der Waals surface area contributed by atoms with Crippen molar-refractivity contribution >= 4 is 18.9 Å². The molecular weight excluding hydrogens is 343 g/mol. The predicted molar refractivity (Wildman–Crippen MR) is 108 cm³/mol. The average Bonchev–Trinajstić information content (AvgIpc) is 2.59. The van der Waals surface area contributed by atoms with E-state index in [-0.39, 0.29) is 23.7 Å². The molecular formula is C20H33BN2O4. The summed E-state index contributed by atoms with van der Waals surface area (Å²) in [5, 5.41) is 24.4. The van der Waals surface area contributed by atoms with Gasteiger partial charge in [0.15, 0.2) is 0 Å². The maximum Gasteiger partial charge on any atom is 0.475 e. The minimum Gasteiger partial charge on any atom is -0.426 e.